The second-order valence-corrected chi connectivity index (χ2v) is 5.87. The summed E-state index contributed by atoms with van der Waals surface area (Å²) in [6, 6.07) is 5.46. The van der Waals surface area contributed by atoms with E-state index in [1.165, 1.54) is 4.90 Å². The minimum Gasteiger partial charge on any atom is -0.395 e. The Balaban J connectivity index is 2.40. The maximum absolute atomic E-state index is 12.4. The van der Waals surface area contributed by atoms with Crippen LogP contribution in [0.2, 0.25) is 0 Å². The summed E-state index contributed by atoms with van der Waals surface area (Å²) in [5.41, 5.74) is 1.55. The molecule has 1 saturated heterocycles. The minimum atomic E-state index is -0.651. The molecule has 4 heteroatoms. The highest BCUT2D eigenvalue weighted by Gasteiger charge is 2.45. The first-order chi connectivity index (χ1) is 9.86. The van der Waals surface area contributed by atoms with Crippen molar-refractivity contribution in [3.8, 4) is 11.8 Å². The third-order valence-corrected chi connectivity index (χ3v) is 3.54. The predicted octanol–water partition coefficient (Wildman–Crippen LogP) is 2.02. The van der Waals surface area contributed by atoms with E-state index in [0.717, 1.165) is 11.1 Å². The largest absolute Gasteiger partial charge is 0.395 e. The van der Waals surface area contributed by atoms with E-state index in [1.807, 2.05) is 19.1 Å². The monoisotopic (exact) mass is 285 g/mol. The molecule has 0 bridgehead atoms. The molecule has 110 valence electrons. The van der Waals surface area contributed by atoms with Crippen LogP contribution in [0.25, 0.3) is 0 Å². The third-order valence-electron chi connectivity index (χ3n) is 3.54. The highest BCUT2D eigenvalue weighted by Crippen LogP contribution is 2.36. The van der Waals surface area contributed by atoms with Crippen molar-refractivity contribution < 1.29 is 14.7 Å². The van der Waals surface area contributed by atoms with Crippen LogP contribution in [-0.2, 0) is 9.59 Å². The third kappa shape index (κ3) is 2.98. The lowest BCUT2D eigenvalue weighted by molar-refractivity contribution is -0.124. The summed E-state index contributed by atoms with van der Waals surface area (Å²) in [4.78, 5) is 25.8. The van der Waals surface area contributed by atoms with E-state index in [2.05, 4.69) is 11.8 Å². The molecule has 2 rings (SSSR count). The van der Waals surface area contributed by atoms with Crippen LogP contribution in [0, 0.1) is 24.2 Å². The molecular formula is C17H19NO3. The second-order valence-electron chi connectivity index (χ2n) is 5.87. The Morgan fingerprint density at radius 3 is 2.62 bits per heavy atom. The van der Waals surface area contributed by atoms with Crippen molar-refractivity contribution in [2.45, 2.75) is 33.6 Å². The van der Waals surface area contributed by atoms with E-state index in [0.29, 0.717) is 12.1 Å². The number of anilines is 1. The fraction of sp³-hybridized carbons (Fsp3) is 0.412. The highest BCUT2D eigenvalue weighted by atomic mass is 16.2. The highest BCUT2D eigenvalue weighted by molar-refractivity contribution is 6.22. The van der Waals surface area contributed by atoms with Crippen molar-refractivity contribution in [2.24, 2.45) is 5.41 Å². The average molecular weight is 285 g/mol. The van der Waals surface area contributed by atoms with Gasteiger partial charge in [0.2, 0.25) is 11.8 Å². The molecule has 1 fully saturated rings. The quantitative estimate of drug-likeness (QED) is 0.668. The molecule has 0 aromatic heterocycles. The number of hydrogen-bond donors (Lipinski definition) is 1. The van der Waals surface area contributed by atoms with Crippen molar-refractivity contribution in [1.82, 2.24) is 0 Å². The number of hydrogen-bond acceptors (Lipinski definition) is 3. The van der Waals surface area contributed by atoms with Crippen LogP contribution in [0.1, 0.15) is 37.8 Å². The van der Waals surface area contributed by atoms with Gasteiger partial charge in [-0.3, -0.25) is 9.59 Å². The summed E-state index contributed by atoms with van der Waals surface area (Å²) in [7, 11) is 0. The molecule has 1 heterocycles. The molecule has 0 unspecified atom stereocenters. The SMILES string of the molecule is Cc1ccc(C#CCCO)cc1N1C(=O)CC(C)(C)C1=O. The smallest absolute Gasteiger partial charge is 0.239 e. The maximum atomic E-state index is 12.4. The van der Waals surface area contributed by atoms with Crippen LogP contribution in [0.4, 0.5) is 5.69 Å². The van der Waals surface area contributed by atoms with Crippen molar-refractivity contribution in [2.75, 3.05) is 11.5 Å². The zero-order chi connectivity index (χ0) is 15.6. The topological polar surface area (TPSA) is 57.6 Å². The number of amides is 2. The number of nitrogens with zero attached hydrogens (tertiary/aromatic N) is 1. The van der Waals surface area contributed by atoms with E-state index >= 15 is 0 Å². The van der Waals surface area contributed by atoms with Crippen LogP contribution < -0.4 is 4.90 Å². The van der Waals surface area contributed by atoms with Gasteiger partial charge in [-0.1, -0.05) is 31.8 Å². The van der Waals surface area contributed by atoms with Gasteiger partial charge >= 0.3 is 0 Å². The van der Waals surface area contributed by atoms with Crippen molar-refractivity contribution >= 4 is 17.5 Å². The standard InChI is InChI=1S/C17H19NO3/c1-12-7-8-13(6-4-5-9-19)10-14(12)18-15(20)11-17(2,3)16(18)21/h7-8,10,19H,5,9,11H2,1-3H3. The van der Waals surface area contributed by atoms with Crippen molar-refractivity contribution in [3.05, 3.63) is 29.3 Å². The predicted molar refractivity (Wildman–Crippen MR) is 80.7 cm³/mol. The number of carbonyl (C=O) groups is 2. The molecule has 2 amide bonds. The average Bonchev–Trinajstić information content (AvgIpc) is 2.61. The number of aliphatic hydroxyl groups excluding tert-OH is 1. The summed E-state index contributed by atoms with van der Waals surface area (Å²) in [5.74, 6) is 5.42. The lowest BCUT2D eigenvalue weighted by Crippen LogP contribution is -2.33. The van der Waals surface area contributed by atoms with E-state index in [9.17, 15) is 9.59 Å². The number of imide groups is 1. The number of aryl methyl sites for hydroxylation is 1. The zero-order valence-electron chi connectivity index (χ0n) is 12.6. The molecule has 0 atom stereocenters. The molecular weight excluding hydrogens is 266 g/mol. The summed E-state index contributed by atoms with van der Waals surface area (Å²) in [6.45, 7) is 5.45. The molecule has 1 N–H and O–H groups in total. The molecule has 0 aliphatic carbocycles. The van der Waals surface area contributed by atoms with Crippen LogP contribution in [0.5, 0.6) is 0 Å². The van der Waals surface area contributed by atoms with Crippen LogP contribution in [-0.4, -0.2) is 23.5 Å². The van der Waals surface area contributed by atoms with Gasteiger partial charge in [0.25, 0.3) is 0 Å². The van der Waals surface area contributed by atoms with E-state index in [4.69, 9.17) is 5.11 Å². The first kappa shape index (κ1) is 15.3. The molecule has 0 spiro atoms. The number of carbonyl (C=O) groups excluding carboxylic acids is 2. The first-order valence-corrected chi connectivity index (χ1v) is 6.94. The maximum Gasteiger partial charge on any atom is 0.239 e. The van der Waals surface area contributed by atoms with Gasteiger partial charge in [0.15, 0.2) is 0 Å². The van der Waals surface area contributed by atoms with Crippen molar-refractivity contribution in [3.63, 3.8) is 0 Å². The van der Waals surface area contributed by atoms with Crippen molar-refractivity contribution in [1.29, 1.82) is 0 Å². The van der Waals surface area contributed by atoms with Gasteiger partial charge < -0.3 is 5.11 Å². The molecule has 1 aliphatic rings. The zero-order valence-corrected chi connectivity index (χ0v) is 12.6. The molecule has 0 radical (unpaired) electrons. The lowest BCUT2D eigenvalue weighted by atomic mass is 9.92. The Morgan fingerprint density at radius 1 is 1.33 bits per heavy atom. The molecule has 1 aliphatic heterocycles. The Morgan fingerprint density at radius 2 is 2.05 bits per heavy atom. The summed E-state index contributed by atoms with van der Waals surface area (Å²) in [6.07, 6.45) is 0.628. The van der Waals surface area contributed by atoms with Gasteiger partial charge in [-0.25, -0.2) is 4.90 Å². The van der Waals surface area contributed by atoms with Crippen LogP contribution in [0.3, 0.4) is 0 Å². The molecule has 4 nitrogen and oxygen atoms in total. The molecule has 0 saturated carbocycles. The Hall–Kier alpha value is -2.12. The van der Waals surface area contributed by atoms with Gasteiger partial charge in [-0.05, 0) is 24.6 Å². The molecule has 21 heavy (non-hydrogen) atoms. The van der Waals surface area contributed by atoms with Gasteiger partial charge in [-0.15, -0.1) is 0 Å². The Bertz CT molecular complexity index is 650. The van der Waals surface area contributed by atoms with E-state index in [1.54, 1.807) is 19.9 Å². The molecule has 1 aromatic rings. The number of rotatable bonds is 2. The summed E-state index contributed by atoms with van der Waals surface area (Å²) >= 11 is 0. The van der Waals surface area contributed by atoms with Gasteiger partial charge in [0.1, 0.15) is 0 Å². The number of aliphatic hydroxyl groups is 1. The van der Waals surface area contributed by atoms with Gasteiger partial charge in [0.05, 0.1) is 17.7 Å². The van der Waals surface area contributed by atoms with Crippen LogP contribution in [0.15, 0.2) is 18.2 Å². The van der Waals surface area contributed by atoms with Crippen LogP contribution >= 0.6 is 0 Å². The Kier molecular flexibility index (Phi) is 4.15. The minimum absolute atomic E-state index is 0.0169. The fourth-order valence-electron chi connectivity index (χ4n) is 2.34. The van der Waals surface area contributed by atoms with Gasteiger partial charge in [-0.2, -0.15) is 0 Å². The lowest BCUT2D eigenvalue weighted by Gasteiger charge is -2.19. The second kappa shape index (κ2) is 5.71. The number of benzene rings is 1. The summed E-state index contributed by atoms with van der Waals surface area (Å²) < 4.78 is 0. The van der Waals surface area contributed by atoms with E-state index < -0.39 is 5.41 Å². The fourth-order valence-corrected chi connectivity index (χ4v) is 2.34. The first-order valence-electron chi connectivity index (χ1n) is 6.94. The van der Waals surface area contributed by atoms with E-state index in [-0.39, 0.29) is 24.8 Å². The normalized spacial score (nSPS) is 16.9. The van der Waals surface area contributed by atoms with Gasteiger partial charge in [0, 0.05) is 18.4 Å². The molecule has 1 aromatic carbocycles. The Labute approximate surface area is 124 Å². The summed E-state index contributed by atoms with van der Waals surface area (Å²) in [5, 5.41) is 8.74.